The molecule has 0 aliphatic heterocycles. The van der Waals surface area contributed by atoms with Gasteiger partial charge in [-0.3, -0.25) is 9.59 Å². The molecule has 0 aliphatic carbocycles. The molecule has 1 atom stereocenters. The number of ether oxygens (including phenoxy) is 1. The number of amides is 1. The predicted octanol–water partition coefficient (Wildman–Crippen LogP) is 5.48. The van der Waals surface area contributed by atoms with E-state index in [1.54, 1.807) is 19.2 Å². The van der Waals surface area contributed by atoms with Gasteiger partial charge in [-0.25, -0.2) is 4.98 Å². The number of aromatic amines is 1. The normalized spacial score (nSPS) is 12.0. The summed E-state index contributed by atoms with van der Waals surface area (Å²) >= 11 is 2.68. The van der Waals surface area contributed by atoms with Gasteiger partial charge in [-0.1, -0.05) is 60.6 Å². The molecule has 8 heteroatoms. The maximum Gasteiger partial charge on any atom is 0.260 e. The molecule has 0 fully saturated rings. The van der Waals surface area contributed by atoms with Crippen molar-refractivity contribution in [3.63, 3.8) is 0 Å². The molecule has 164 valence electrons. The van der Waals surface area contributed by atoms with E-state index >= 15 is 0 Å². The molecule has 0 saturated carbocycles. The molecule has 0 aliphatic rings. The molecule has 6 nitrogen and oxygen atoms in total. The van der Waals surface area contributed by atoms with E-state index in [0.29, 0.717) is 33.2 Å². The molecule has 4 aromatic rings. The average Bonchev–Trinajstić information content (AvgIpc) is 3.23. The van der Waals surface area contributed by atoms with E-state index in [1.807, 2.05) is 55.6 Å². The second-order valence-electron chi connectivity index (χ2n) is 7.27. The van der Waals surface area contributed by atoms with Crippen molar-refractivity contribution < 1.29 is 9.53 Å². The monoisotopic (exact) mass is 465 g/mol. The Balaban J connectivity index is 1.58. The topological polar surface area (TPSA) is 84.1 Å². The Morgan fingerprint density at radius 2 is 1.97 bits per heavy atom. The minimum Gasteiger partial charge on any atom is -0.495 e. The molecule has 4 rings (SSSR count). The van der Waals surface area contributed by atoms with Crippen molar-refractivity contribution in [2.45, 2.75) is 30.7 Å². The number of aromatic nitrogens is 2. The van der Waals surface area contributed by atoms with E-state index in [2.05, 4.69) is 15.3 Å². The number of nitrogens with zero attached hydrogens (tertiary/aromatic N) is 1. The van der Waals surface area contributed by atoms with Crippen molar-refractivity contribution in [2.24, 2.45) is 0 Å². The van der Waals surface area contributed by atoms with Gasteiger partial charge < -0.3 is 15.0 Å². The van der Waals surface area contributed by atoms with Crippen LogP contribution in [0.5, 0.6) is 5.75 Å². The first-order chi connectivity index (χ1) is 15.5. The molecule has 1 amide bonds. The maximum absolute atomic E-state index is 12.9. The number of hydrogen-bond acceptors (Lipinski definition) is 6. The first-order valence-corrected chi connectivity index (χ1v) is 11.9. The number of carbonyl (C=O) groups excluding carboxylic acids is 1. The molecule has 2 heterocycles. The molecule has 0 radical (unpaired) electrons. The highest BCUT2D eigenvalue weighted by Gasteiger charge is 2.22. The Labute approximate surface area is 194 Å². The largest absolute Gasteiger partial charge is 0.495 e. The zero-order valence-electron chi connectivity index (χ0n) is 18.0. The first-order valence-electron chi connectivity index (χ1n) is 10.2. The van der Waals surface area contributed by atoms with Gasteiger partial charge in [0.15, 0.2) is 5.16 Å². The summed E-state index contributed by atoms with van der Waals surface area (Å²) in [5.41, 5.74) is 3.43. The lowest BCUT2D eigenvalue weighted by molar-refractivity contribution is -0.115. The van der Waals surface area contributed by atoms with Crippen LogP contribution in [0.4, 0.5) is 5.69 Å². The number of nitrogens with one attached hydrogen (secondary N) is 2. The number of hydrogen-bond donors (Lipinski definition) is 2. The van der Waals surface area contributed by atoms with E-state index in [0.717, 1.165) is 16.7 Å². The summed E-state index contributed by atoms with van der Waals surface area (Å²) in [4.78, 5) is 33.9. The Hall–Kier alpha value is -3.10. The lowest BCUT2D eigenvalue weighted by Crippen LogP contribution is -2.25. The molecular weight excluding hydrogens is 442 g/mol. The maximum atomic E-state index is 12.9. The van der Waals surface area contributed by atoms with Crippen LogP contribution in [-0.4, -0.2) is 28.2 Å². The van der Waals surface area contributed by atoms with Crippen LogP contribution in [0.15, 0.2) is 63.9 Å². The van der Waals surface area contributed by atoms with Crippen molar-refractivity contribution in [1.29, 1.82) is 0 Å². The molecule has 1 unspecified atom stereocenters. The lowest BCUT2D eigenvalue weighted by atomic mass is 10.1. The minimum atomic E-state index is -0.419. The molecule has 32 heavy (non-hydrogen) atoms. The predicted molar refractivity (Wildman–Crippen MR) is 132 cm³/mol. The highest BCUT2D eigenvalue weighted by atomic mass is 32.2. The Bertz CT molecular complexity index is 1310. The number of thiophene rings is 1. The summed E-state index contributed by atoms with van der Waals surface area (Å²) in [6.45, 7) is 3.96. The molecule has 2 N–H and O–H groups in total. The Kier molecular flexibility index (Phi) is 6.62. The van der Waals surface area contributed by atoms with Crippen molar-refractivity contribution >= 4 is 44.9 Å². The zero-order valence-corrected chi connectivity index (χ0v) is 19.6. The molecule has 2 aromatic carbocycles. The minimum absolute atomic E-state index is 0.170. The average molecular weight is 466 g/mol. The van der Waals surface area contributed by atoms with Gasteiger partial charge in [-0.05, 0) is 31.0 Å². The van der Waals surface area contributed by atoms with Crippen molar-refractivity contribution in [2.75, 3.05) is 12.4 Å². The summed E-state index contributed by atoms with van der Waals surface area (Å²) in [5.74, 6) is 0.423. The van der Waals surface area contributed by atoms with E-state index in [-0.39, 0.29) is 11.5 Å². The number of benzene rings is 2. The van der Waals surface area contributed by atoms with Crippen LogP contribution in [-0.2, 0) is 4.79 Å². The summed E-state index contributed by atoms with van der Waals surface area (Å²) < 4.78 is 5.31. The number of methoxy groups -OCH3 is 1. The SMILES string of the molecule is CCC(Sc1nc2scc(-c3ccc(C)cc3)c2c(=O)[nH]1)C(=O)Nc1ccccc1OC. The summed E-state index contributed by atoms with van der Waals surface area (Å²) in [6.07, 6.45) is 0.576. The van der Waals surface area contributed by atoms with E-state index < -0.39 is 5.25 Å². The van der Waals surface area contributed by atoms with Crippen LogP contribution in [0.25, 0.3) is 21.3 Å². The Morgan fingerprint density at radius 1 is 1.22 bits per heavy atom. The fourth-order valence-electron chi connectivity index (χ4n) is 3.35. The van der Waals surface area contributed by atoms with Crippen LogP contribution >= 0.6 is 23.1 Å². The first kappa shape index (κ1) is 22.1. The number of rotatable bonds is 7. The molecule has 2 aromatic heterocycles. The highest BCUT2D eigenvalue weighted by molar-refractivity contribution is 8.00. The van der Waals surface area contributed by atoms with Crippen LogP contribution in [0.1, 0.15) is 18.9 Å². The van der Waals surface area contributed by atoms with Crippen LogP contribution < -0.4 is 15.6 Å². The highest BCUT2D eigenvalue weighted by Crippen LogP contribution is 2.33. The number of carbonyl (C=O) groups is 1. The molecule has 0 bridgehead atoms. The third-order valence-corrected chi connectivity index (χ3v) is 7.19. The van der Waals surface area contributed by atoms with Gasteiger partial charge in [0.05, 0.1) is 23.4 Å². The van der Waals surface area contributed by atoms with Crippen molar-refractivity contribution in [1.82, 2.24) is 9.97 Å². The molecular formula is C24H23N3O3S2. The summed E-state index contributed by atoms with van der Waals surface area (Å²) in [7, 11) is 1.56. The zero-order chi connectivity index (χ0) is 22.7. The van der Waals surface area contributed by atoms with Gasteiger partial charge in [0.25, 0.3) is 5.56 Å². The van der Waals surface area contributed by atoms with Crippen molar-refractivity contribution in [3.05, 3.63) is 69.8 Å². The van der Waals surface area contributed by atoms with Gasteiger partial charge in [-0.15, -0.1) is 11.3 Å². The van der Waals surface area contributed by atoms with Crippen LogP contribution in [0, 0.1) is 6.92 Å². The standard InChI is InChI=1S/C24H23N3O3S2/c1-4-19(21(28)25-17-7-5-6-8-18(17)30-3)32-24-26-22(29)20-16(13-31-23(20)27-24)15-11-9-14(2)10-12-15/h5-13,19H,4H2,1-3H3,(H,25,28)(H,26,27,29). The van der Waals surface area contributed by atoms with E-state index in [9.17, 15) is 9.59 Å². The third kappa shape index (κ3) is 4.56. The lowest BCUT2D eigenvalue weighted by Gasteiger charge is -2.15. The van der Waals surface area contributed by atoms with Gasteiger partial charge >= 0.3 is 0 Å². The number of fused-ring (bicyclic) bond motifs is 1. The fourth-order valence-corrected chi connectivity index (χ4v) is 5.25. The Morgan fingerprint density at radius 3 is 2.69 bits per heavy atom. The summed E-state index contributed by atoms with van der Waals surface area (Å²) in [5, 5.41) is 5.46. The number of anilines is 1. The molecule has 0 spiro atoms. The number of aryl methyl sites for hydroxylation is 1. The fraction of sp³-hybridized carbons (Fsp3) is 0.208. The van der Waals surface area contributed by atoms with E-state index in [4.69, 9.17) is 4.74 Å². The van der Waals surface area contributed by atoms with Gasteiger partial charge in [0.2, 0.25) is 5.91 Å². The van der Waals surface area contributed by atoms with Crippen LogP contribution in [0.3, 0.4) is 0 Å². The van der Waals surface area contributed by atoms with E-state index in [1.165, 1.54) is 23.1 Å². The molecule has 0 saturated heterocycles. The number of para-hydroxylation sites is 2. The number of H-pyrrole nitrogens is 1. The second-order valence-corrected chi connectivity index (χ2v) is 9.32. The van der Waals surface area contributed by atoms with Crippen molar-refractivity contribution in [3.8, 4) is 16.9 Å². The van der Waals surface area contributed by atoms with Gasteiger partial charge in [0, 0.05) is 10.9 Å². The quantitative estimate of drug-likeness (QED) is 0.279. The number of thioether (sulfide) groups is 1. The van der Waals surface area contributed by atoms with Gasteiger partial charge in [0.1, 0.15) is 10.6 Å². The second kappa shape index (κ2) is 9.58. The van der Waals surface area contributed by atoms with Gasteiger partial charge in [-0.2, -0.15) is 0 Å². The third-order valence-electron chi connectivity index (χ3n) is 5.07. The van der Waals surface area contributed by atoms with Crippen LogP contribution in [0.2, 0.25) is 0 Å². The smallest absolute Gasteiger partial charge is 0.260 e. The summed E-state index contributed by atoms with van der Waals surface area (Å²) in [6, 6.07) is 15.3.